The van der Waals surface area contributed by atoms with Crippen LogP contribution in [0, 0.1) is 18.2 Å². The minimum Gasteiger partial charge on any atom is -0.462 e. The second-order valence-electron chi connectivity index (χ2n) is 5.97. The molecule has 1 aromatic carbocycles. The number of benzene rings is 1. The molecule has 0 fully saturated rings. The van der Waals surface area contributed by atoms with Crippen molar-refractivity contribution in [2.24, 2.45) is 5.41 Å². The molecule has 0 unspecified atom stereocenters. The molecule has 0 amide bonds. The zero-order valence-electron chi connectivity index (χ0n) is 12.4. The number of ether oxygens (including phenoxy) is 1. The molecule has 0 heterocycles. The normalized spacial score (nSPS) is 12.3. The lowest BCUT2D eigenvalue weighted by Crippen LogP contribution is -2.14. The van der Waals surface area contributed by atoms with E-state index in [1.165, 1.54) is 6.92 Å². The van der Waals surface area contributed by atoms with Crippen molar-refractivity contribution in [2.75, 3.05) is 6.61 Å². The van der Waals surface area contributed by atoms with Crippen molar-refractivity contribution < 1.29 is 22.3 Å². The second kappa shape index (κ2) is 6.32. The number of esters is 1. The van der Waals surface area contributed by atoms with Gasteiger partial charge in [0, 0.05) is 16.2 Å². The molecule has 0 N–H and O–H groups in total. The SMILES string of the molecule is Cc1c(F)cc(C(=O)OCCC(C)(C)C)cc1S(=O)(=O)Cl. The molecule has 7 heteroatoms. The molecule has 21 heavy (non-hydrogen) atoms. The van der Waals surface area contributed by atoms with Crippen LogP contribution in [0.25, 0.3) is 0 Å². The van der Waals surface area contributed by atoms with Gasteiger partial charge < -0.3 is 4.74 Å². The Labute approximate surface area is 128 Å². The van der Waals surface area contributed by atoms with Gasteiger partial charge in [0.2, 0.25) is 0 Å². The Hall–Kier alpha value is -1.14. The fourth-order valence-electron chi connectivity index (χ4n) is 1.56. The van der Waals surface area contributed by atoms with Crippen LogP contribution in [-0.4, -0.2) is 21.0 Å². The molecule has 0 aliphatic heterocycles. The Morgan fingerprint density at radius 2 is 1.90 bits per heavy atom. The largest absolute Gasteiger partial charge is 0.462 e. The Morgan fingerprint density at radius 1 is 1.33 bits per heavy atom. The summed E-state index contributed by atoms with van der Waals surface area (Å²) in [6.45, 7) is 7.42. The molecule has 0 saturated carbocycles. The van der Waals surface area contributed by atoms with Crippen molar-refractivity contribution in [3.05, 3.63) is 29.1 Å². The third-order valence-electron chi connectivity index (χ3n) is 2.88. The maximum Gasteiger partial charge on any atom is 0.338 e. The van der Waals surface area contributed by atoms with E-state index in [0.29, 0.717) is 6.42 Å². The minimum absolute atomic E-state index is 0.0105. The summed E-state index contributed by atoms with van der Waals surface area (Å²) < 4.78 is 41.5. The van der Waals surface area contributed by atoms with E-state index >= 15 is 0 Å². The van der Waals surface area contributed by atoms with Crippen LogP contribution in [0.15, 0.2) is 17.0 Å². The molecule has 0 atom stereocenters. The van der Waals surface area contributed by atoms with E-state index < -0.39 is 25.7 Å². The molecular weight excluding hydrogens is 319 g/mol. The van der Waals surface area contributed by atoms with Crippen molar-refractivity contribution in [3.63, 3.8) is 0 Å². The Balaban J connectivity index is 2.99. The number of carbonyl (C=O) groups excluding carboxylic acids is 1. The third kappa shape index (κ3) is 5.28. The summed E-state index contributed by atoms with van der Waals surface area (Å²) in [7, 11) is 1.10. The molecule has 0 aromatic heterocycles. The smallest absolute Gasteiger partial charge is 0.338 e. The molecule has 0 bridgehead atoms. The summed E-state index contributed by atoms with van der Waals surface area (Å²) in [6.07, 6.45) is 0.633. The lowest BCUT2D eigenvalue weighted by molar-refractivity contribution is 0.0464. The second-order valence-corrected chi connectivity index (χ2v) is 8.50. The third-order valence-corrected chi connectivity index (χ3v) is 4.33. The molecular formula is C14H18ClFO4S. The van der Waals surface area contributed by atoms with Gasteiger partial charge >= 0.3 is 5.97 Å². The highest BCUT2D eigenvalue weighted by molar-refractivity contribution is 8.13. The highest BCUT2D eigenvalue weighted by Crippen LogP contribution is 2.24. The van der Waals surface area contributed by atoms with Crippen LogP contribution in [0.3, 0.4) is 0 Å². The van der Waals surface area contributed by atoms with Gasteiger partial charge in [-0.2, -0.15) is 0 Å². The van der Waals surface area contributed by atoms with E-state index in [1.54, 1.807) is 0 Å². The van der Waals surface area contributed by atoms with Gasteiger partial charge in [-0.3, -0.25) is 0 Å². The summed E-state index contributed by atoms with van der Waals surface area (Å²) in [5.41, 5.74) is -0.314. The van der Waals surface area contributed by atoms with E-state index in [4.69, 9.17) is 15.4 Å². The predicted octanol–water partition coefficient (Wildman–Crippen LogP) is 3.65. The summed E-state index contributed by atoms with van der Waals surface area (Å²) in [5.74, 6) is -1.60. The predicted molar refractivity (Wildman–Crippen MR) is 78.5 cm³/mol. The first-order valence-corrected chi connectivity index (χ1v) is 8.65. The summed E-state index contributed by atoms with van der Waals surface area (Å²) in [4.78, 5) is 11.4. The van der Waals surface area contributed by atoms with Gasteiger partial charge in [0.05, 0.1) is 17.1 Å². The number of hydrogen-bond acceptors (Lipinski definition) is 4. The molecule has 0 saturated heterocycles. The average molecular weight is 337 g/mol. The van der Waals surface area contributed by atoms with Crippen LogP contribution in [-0.2, 0) is 13.8 Å². The van der Waals surface area contributed by atoms with Crippen LogP contribution >= 0.6 is 10.7 Å². The van der Waals surface area contributed by atoms with Gasteiger partial charge in [0.1, 0.15) is 5.82 Å². The van der Waals surface area contributed by atoms with E-state index in [9.17, 15) is 17.6 Å². The molecule has 0 spiro atoms. The number of rotatable bonds is 4. The van der Waals surface area contributed by atoms with E-state index in [1.807, 2.05) is 20.8 Å². The molecule has 1 rings (SSSR count). The fourth-order valence-corrected chi connectivity index (χ4v) is 2.77. The Bertz CT molecular complexity index is 648. The lowest BCUT2D eigenvalue weighted by Gasteiger charge is -2.17. The van der Waals surface area contributed by atoms with Crippen molar-refractivity contribution in [2.45, 2.75) is 39.0 Å². The quantitative estimate of drug-likeness (QED) is 0.622. The topological polar surface area (TPSA) is 60.4 Å². The van der Waals surface area contributed by atoms with Crippen molar-refractivity contribution in [3.8, 4) is 0 Å². The monoisotopic (exact) mass is 336 g/mol. The Morgan fingerprint density at radius 3 is 2.38 bits per heavy atom. The first-order chi connectivity index (χ1) is 9.42. The van der Waals surface area contributed by atoms with Crippen molar-refractivity contribution in [1.29, 1.82) is 0 Å². The molecule has 118 valence electrons. The lowest BCUT2D eigenvalue weighted by atomic mass is 9.93. The maximum atomic E-state index is 13.7. The van der Waals surface area contributed by atoms with E-state index in [2.05, 4.69) is 0 Å². The summed E-state index contributed by atoms with van der Waals surface area (Å²) >= 11 is 0. The molecule has 0 aliphatic rings. The van der Waals surface area contributed by atoms with Crippen molar-refractivity contribution in [1.82, 2.24) is 0 Å². The Kier molecular flexibility index (Phi) is 5.39. The minimum atomic E-state index is -4.13. The van der Waals surface area contributed by atoms with Crippen molar-refractivity contribution >= 4 is 25.7 Å². The van der Waals surface area contributed by atoms with Crippen LogP contribution in [0.2, 0.25) is 0 Å². The van der Waals surface area contributed by atoms with Gasteiger partial charge in [-0.25, -0.2) is 17.6 Å². The highest BCUT2D eigenvalue weighted by atomic mass is 35.7. The molecule has 0 aliphatic carbocycles. The van der Waals surface area contributed by atoms with Crippen LogP contribution in [0.1, 0.15) is 43.1 Å². The first kappa shape index (κ1) is 17.9. The van der Waals surface area contributed by atoms with E-state index in [-0.39, 0.29) is 23.1 Å². The van der Waals surface area contributed by atoms with Gasteiger partial charge in [-0.05, 0) is 30.9 Å². The van der Waals surface area contributed by atoms with Gasteiger partial charge in [0.15, 0.2) is 0 Å². The standard InChI is InChI=1S/C14H18ClFO4S/c1-9-11(16)7-10(8-12(9)21(15,18)19)13(17)20-6-5-14(2,3)4/h7-8H,5-6H2,1-4H3. The zero-order chi connectivity index (χ0) is 16.4. The van der Waals surface area contributed by atoms with Crippen LogP contribution in [0.4, 0.5) is 4.39 Å². The zero-order valence-corrected chi connectivity index (χ0v) is 13.9. The maximum absolute atomic E-state index is 13.7. The summed E-state index contributed by atoms with van der Waals surface area (Å²) in [6, 6.07) is 1.97. The average Bonchev–Trinajstić information content (AvgIpc) is 2.29. The van der Waals surface area contributed by atoms with E-state index in [0.717, 1.165) is 12.1 Å². The van der Waals surface area contributed by atoms with Gasteiger partial charge in [0.25, 0.3) is 9.05 Å². The molecule has 1 aromatic rings. The van der Waals surface area contributed by atoms with Gasteiger partial charge in [-0.1, -0.05) is 20.8 Å². The first-order valence-electron chi connectivity index (χ1n) is 6.34. The van der Waals surface area contributed by atoms with Gasteiger partial charge in [-0.15, -0.1) is 0 Å². The van der Waals surface area contributed by atoms with Crippen LogP contribution in [0.5, 0.6) is 0 Å². The summed E-state index contributed by atoms with van der Waals surface area (Å²) in [5, 5.41) is 0. The fraction of sp³-hybridized carbons (Fsp3) is 0.500. The number of hydrogen-bond donors (Lipinski definition) is 0. The number of carbonyl (C=O) groups is 1. The molecule has 4 nitrogen and oxygen atoms in total. The number of halogens is 2. The van der Waals surface area contributed by atoms with Crippen LogP contribution < -0.4 is 0 Å². The molecule has 0 radical (unpaired) electrons. The highest BCUT2D eigenvalue weighted by Gasteiger charge is 2.21.